The van der Waals surface area contributed by atoms with E-state index in [1.807, 2.05) is 50.3 Å². The molecule has 22 heavy (non-hydrogen) atoms. The second-order valence-electron chi connectivity index (χ2n) is 6.06. The van der Waals surface area contributed by atoms with E-state index in [9.17, 15) is 9.00 Å². The first-order valence-electron chi connectivity index (χ1n) is 7.45. The summed E-state index contributed by atoms with van der Waals surface area (Å²) in [5.74, 6) is -0.250. The van der Waals surface area contributed by atoms with E-state index >= 15 is 0 Å². The summed E-state index contributed by atoms with van der Waals surface area (Å²) in [6, 6.07) is 9.22. The maximum atomic E-state index is 13.4. The minimum atomic E-state index is -1.48. The van der Waals surface area contributed by atoms with Crippen molar-refractivity contribution in [3.8, 4) is 0 Å². The predicted molar refractivity (Wildman–Crippen MR) is 86.7 cm³/mol. The number of hydrogen-bond donors (Lipinski definition) is 0. The molecule has 1 aromatic carbocycles. The Bertz CT molecular complexity index is 686. The molecule has 3 rings (SSSR count). The number of esters is 1. The number of benzene rings is 1. The van der Waals surface area contributed by atoms with Crippen LogP contribution in [0.15, 0.2) is 58.5 Å². The fourth-order valence-electron chi connectivity index (χ4n) is 3.89. The molecule has 0 saturated heterocycles. The largest absolute Gasteiger partial charge is 0.468 e. The number of ether oxygens (including phenoxy) is 1. The Hall–Kier alpha value is -1.68. The van der Waals surface area contributed by atoms with Crippen molar-refractivity contribution in [2.24, 2.45) is 11.8 Å². The van der Waals surface area contributed by atoms with Gasteiger partial charge in [0.15, 0.2) is 4.75 Å². The average molecular weight is 316 g/mol. The van der Waals surface area contributed by atoms with Crippen LogP contribution in [0.2, 0.25) is 0 Å². The zero-order valence-corrected chi connectivity index (χ0v) is 13.9. The van der Waals surface area contributed by atoms with Crippen LogP contribution in [0, 0.1) is 11.8 Å². The quantitative estimate of drug-likeness (QED) is 0.635. The molecule has 4 atom stereocenters. The van der Waals surface area contributed by atoms with Gasteiger partial charge in [0.1, 0.15) is 0 Å². The van der Waals surface area contributed by atoms with E-state index in [2.05, 4.69) is 6.08 Å². The molecule has 0 N–H and O–H groups in total. The Morgan fingerprint density at radius 2 is 1.91 bits per heavy atom. The van der Waals surface area contributed by atoms with Crippen LogP contribution in [0.1, 0.15) is 20.3 Å². The Morgan fingerprint density at radius 3 is 2.50 bits per heavy atom. The standard InChI is InChI=1S/C18H20O3S/c1-12(2)16-13-9-10-14(11-13)18(16,17(19)21-3)22(20)15-7-5-4-6-8-15/h4-10,13-14H,11H2,1-3H3/t13-,14+,18+,22?/m0/s1. The van der Waals surface area contributed by atoms with Gasteiger partial charge in [-0.2, -0.15) is 0 Å². The molecule has 116 valence electrons. The minimum absolute atomic E-state index is 0.0594. The number of rotatable bonds is 3. The summed E-state index contributed by atoms with van der Waals surface area (Å²) in [5, 5.41) is 0. The molecule has 0 aromatic heterocycles. The number of carbonyl (C=O) groups is 1. The van der Waals surface area contributed by atoms with E-state index in [0.717, 1.165) is 17.6 Å². The van der Waals surface area contributed by atoms with Crippen molar-refractivity contribution >= 4 is 16.8 Å². The Balaban J connectivity index is 2.23. The smallest absolute Gasteiger partial charge is 0.329 e. The highest BCUT2D eigenvalue weighted by Gasteiger charge is 2.62. The van der Waals surface area contributed by atoms with Crippen LogP contribution >= 0.6 is 0 Å². The van der Waals surface area contributed by atoms with Crippen molar-refractivity contribution in [2.45, 2.75) is 29.9 Å². The SMILES string of the molecule is COC(=O)[C@]1(S(=O)c2ccccc2)C(=C(C)C)[C@H]2C=C[C@@H]1C2. The highest BCUT2D eigenvalue weighted by atomic mass is 32.2. The first kappa shape index (κ1) is 15.2. The Morgan fingerprint density at radius 1 is 1.23 bits per heavy atom. The van der Waals surface area contributed by atoms with Gasteiger partial charge in [0.25, 0.3) is 0 Å². The maximum absolute atomic E-state index is 13.4. The summed E-state index contributed by atoms with van der Waals surface area (Å²) in [6.07, 6.45) is 5.01. The normalized spacial score (nSPS) is 30.4. The molecule has 1 unspecified atom stereocenters. The van der Waals surface area contributed by atoms with Gasteiger partial charge in [-0.3, -0.25) is 9.00 Å². The number of carbonyl (C=O) groups excluding carboxylic acids is 1. The molecule has 2 bridgehead atoms. The van der Waals surface area contributed by atoms with Crippen LogP contribution in [-0.4, -0.2) is 22.0 Å². The molecule has 4 heteroatoms. The second-order valence-corrected chi connectivity index (χ2v) is 7.71. The van der Waals surface area contributed by atoms with Crippen LogP contribution in [-0.2, 0) is 20.3 Å². The van der Waals surface area contributed by atoms with Crippen molar-refractivity contribution in [1.82, 2.24) is 0 Å². The van der Waals surface area contributed by atoms with Crippen molar-refractivity contribution < 1.29 is 13.7 Å². The fourth-order valence-corrected chi connectivity index (χ4v) is 5.90. The average Bonchev–Trinajstić information content (AvgIpc) is 3.13. The first-order valence-corrected chi connectivity index (χ1v) is 8.60. The molecular weight excluding hydrogens is 296 g/mol. The van der Waals surface area contributed by atoms with Crippen molar-refractivity contribution in [3.63, 3.8) is 0 Å². The van der Waals surface area contributed by atoms with Gasteiger partial charge >= 0.3 is 5.97 Å². The zero-order valence-electron chi connectivity index (χ0n) is 13.0. The van der Waals surface area contributed by atoms with Gasteiger partial charge in [0.05, 0.1) is 17.9 Å². The van der Waals surface area contributed by atoms with Gasteiger partial charge in [-0.15, -0.1) is 0 Å². The molecule has 3 nitrogen and oxygen atoms in total. The minimum Gasteiger partial charge on any atom is -0.468 e. The summed E-state index contributed by atoms with van der Waals surface area (Å²) in [5.41, 5.74) is 2.04. The topological polar surface area (TPSA) is 43.4 Å². The third-order valence-corrected chi connectivity index (χ3v) is 6.63. The highest BCUT2D eigenvalue weighted by Crippen LogP contribution is 2.56. The maximum Gasteiger partial charge on any atom is 0.329 e. The summed E-state index contributed by atoms with van der Waals surface area (Å²) in [6.45, 7) is 3.98. The van der Waals surface area contributed by atoms with Crippen LogP contribution in [0.25, 0.3) is 0 Å². The third kappa shape index (κ3) is 1.93. The molecule has 0 spiro atoms. The highest BCUT2D eigenvalue weighted by molar-refractivity contribution is 7.87. The Labute approximate surface area is 133 Å². The van der Waals surface area contributed by atoms with Gasteiger partial charge in [-0.1, -0.05) is 35.9 Å². The molecule has 1 aromatic rings. The molecule has 1 fully saturated rings. The van der Waals surface area contributed by atoms with E-state index in [1.54, 1.807) is 0 Å². The molecular formula is C18H20O3S. The molecule has 0 radical (unpaired) electrons. The lowest BCUT2D eigenvalue weighted by Crippen LogP contribution is -2.49. The third-order valence-electron chi connectivity index (χ3n) is 4.65. The van der Waals surface area contributed by atoms with Crippen LogP contribution in [0.4, 0.5) is 0 Å². The lowest BCUT2D eigenvalue weighted by Gasteiger charge is -2.35. The zero-order chi connectivity index (χ0) is 15.9. The number of hydrogen-bond acceptors (Lipinski definition) is 3. The summed E-state index contributed by atoms with van der Waals surface area (Å²) >= 11 is 0. The lowest BCUT2D eigenvalue weighted by molar-refractivity contribution is -0.143. The molecule has 2 aliphatic carbocycles. The van der Waals surface area contributed by atoms with Crippen molar-refractivity contribution in [3.05, 3.63) is 53.6 Å². The Kier molecular flexibility index (Phi) is 3.81. The molecule has 0 amide bonds. The van der Waals surface area contributed by atoms with E-state index < -0.39 is 15.5 Å². The second kappa shape index (κ2) is 5.51. The van der Waals surface area contributed by atoms with Gasteiger partial charge < -0.3 is 4.74 Å². The van der Waals surface area contributed by atoms with Gasteiger partial charge in [0.2, 0.25) is 0 Å². The van der Waals surface area contributed by atoms with Gasteiger partial charge in [-0.05, 0) is 38.0 Å². The van der Waals surface area contributed by atoms with Crippen LogP contribution in [0.5, 0.6) is 0 Å². The first-order chi connectivity index (χ1) is 10.5. The number of fused-ring (bicyclic) bond motifs is 2. The molecule has 0 aliphatic heterocycles. The van der Waals surface area contributed by atoms with Crippen LogP contribution < -0.4 is 0 Å². The van der Waals surface area contributed by atoms with E-state index in [-0.39, 0.29) is 17.8 Å². The lowest BCUT2D eigenvalue weighted by atomic mass is 9.85. The van der Waals surface area contributed by atoms with Crippen molar-refractivity contribution in [1.29, 1.82) is 0 Å². The monoisotopic (exact) mass is 316 g/mol. The van der Waals surface area contributed by atoms with Gasteiger partial charge in [-0.25, -0.2) is 0 Å². The van der Waals surface area contributed by atoms with Crippen molar-refractivity contribution in [2.75, 3.05) is 7.11 Å². The fraction of sp³-hybridized carbons (Fsp3) is 0.389. The summed E-state index contributed by atoms with van der Waals surface area (Å²) < 4.78 is 17.5. The van der Waals surface area contributed by atoms with Crippen LogP contribution in [0.3, 0.4) is 0 Å². The van der Waals surface area contributed by atoms with E-state index in [4.69, 9.17) is 4.74 Å². The molecule has 2 aliphatic rings. The van der Waals surface area contributed by atoms with Gasteiger partial charge in [0, 0.05) is 16.7 Å². The predicted octanol–water partition coefficient (Wildman–Crippen LogP) is 3.25. The summed E-state index contributed by atoms with van der Waals surface area (Å²) in [7, 11) is -0.102. The van der Waals surface area contributed by atoms with E-state index in [0.29, 0.717) is 4.90 Å². The number of allylic oxidation sites excluding steroid dienone is 3. The number of methoxy groups -OCH3 is 1. The summed E-state index contributed by atoms with van der Waals surface area (Å²) in [4.78, 5) is 13.4. The molecule has 0 heterocycles. The van der Waals surface area contributed by atoms with E-state index in [1.165, 1.54) is 7.11 Å². The molecule has 1 saturated carbocycles.